The van der Waals surface area contributed by atoms with E-state index in [0.717, 1.165) is 57.8 Å². The molecule has 0 aromatic rings. The van der Waals surface area contributed by atoms with Crippen molar-refractivity contribution in [2.75, 3.05) is 13.2 Å². The third-order valence-electron chi connectivity index (χ3n) is 21.0. The Morgan fingerprint density at radius 2 is 1.05 bits per heavy atom. The first kappa shape index (κ1) is 43.6. The van der Waals surface area contributed by atoms with Gasteiger partial charge in [0.25, 0.3) is 0 Å². The summed E-state index contributed by atoms with van der Waals surface area (Å²) in [7, 11) is 0. The van der Waals surface area contributed by atoms with Crippen molar-refractivity contribution in [3.05, 3.63) is 11.6 Å². The second kappa shape index (κ2) is 16.4. The molecule has 0 aromatic carbocycles. The van der Waals surface area contributed by atoms with Crippen molar-refractivity contribution < 1.29 is 30.6 Å². The van der Waals surface area contributed by atoms with E-state index in [-0.39, 0.29) is 36.4 Å². The van der Waals surface area contributed by atoms with E-state index < -0.39 is 0 Å². The Hall–Kier alpha value is -0.500. The van der Waals surface area contributed by atoms with Gasteiger partial charge in [-0.05, 0) is 214 Å². The van der Waals surface area contributed by atoms with E-state index in [1.165, 1.54) is 56.9 Å². The molecule has 6 nitrogen and oxygen atoms in total. The predicted molar refractivity (Wildman–Crippen MR) is 225 cm³/mol. The summed E-state index contributed by atoms with van der Waals surface area (Å²) >= 11 is 0. The molecule has 0 heterocycles. The van der Waals surface area contributed by atoms with Gasteiger partial charge in [-0.25, -0.2) is 0 Å². The lowest BCUT2D eigenvalue weighted by Crippen LogP contribution is -2.62. The SMILES string of the molecule is C/C=C1/C2C[C@H](O)CC[C@]2(C)C2CC[C@@]3(C)C(CC[C@@H]3[C@H](C)CCO)C2[C@@H]1O.CC[C@@H]1C2C[C@H](O)CC[C@]2(C)C2CC[C@@]3(C)C(CC[C@@H]3[C@H](C)CCO)C2[C@@H]1O. The normalized spacial score (nSPS) is 54.0. The molecule has 0 spiro atoms. The largest absolute Gasteiger partial charge is 0.396 e. The summed E-state index contributed by atoms with van der Waals surface area (Å²) in [5.41, 5.74) is 2.36. The van der Waals surface area contributed by atoms with E-state index in [0.29, 0.717) is 99.8 Å². The average Bonchev–Trinajstić information content (AvgIpc) is 3.71. The van der Waals surface area contributed by atoms with Gasteiger partial charge in [-0.3, -0.25) is 0 Å². The zero-order chi connectivity index (χ0) is 40.5. The van der Waals surface area contributed by atoms with E-state index in [1.54, 1.807) is 0 Å². The van der Waals surface area contributed by atoms with Crippen molar-refractivity contribution in [2.45, 2.75) is 189 Å². The number of aliphatic hydroxyl groups excluding tert-OH is 6. The highest BCUT2D eigenvalue weighted by Gasteiger charge is 2.66. The fourth-order valence-corrected chi connectivity index (χ4v) is 18.2. The second-order valence-corrected chi connectivity index (χ2v) is 22.8. The van der Waals surface area contributed by atoms with Crippen LogP contribution in [0.2, 0.25) is 0 Å². The maximum absolute atomic E-state index is 11.7. The highest BCUT2D eigenvalue weighted by Crippen LogP contribution is 2.71. The molecule has 6 N–H and O–H groups in total. The lowest BCUT2D eigenvalue weighted by molar-refractivity contribution is -0.203. The topological polar surface area (TPSA) is 121 Å². The zero-order valence-corrected chi connectivity index (χ0v) is 37.0. The number of hydrogen-bond acceptors (Lipinski definition) is 6. The first-order valence-corrected chi connectivity index (χ1v) is 24.2. The van der Waals surface area contributed by atoms with Crippen LogP contribution in [0.1, 0.15) is 165 Å². The first-order chi connectivity index (χ1) is 26.5. The number of hydrogen-bond donors (Lipinski definition) is 6. The molecule has 21 atom stereocenters. The van der Waals surface area contributed by atoms with Gasteiger partial charge in [-0.1, -0.05) is 61.0 Å². The van der Waals surface area contributed by atoms with E-state index in [2.05, 4.69) is 61.5 Å². The summed E-state index contributed by atoms with van der Waals surface area (Å²) < 4.78 is 0. The molecule has 56 heavy (non-hydrogen) atoms. The fourth-order valence-electron chi connectivity index (χ4n) is 18.2. The maximum atomic E-state index is 11.7. The van der Waals surface area contributed by atoms with Crippen LogP contribution in [0.3, 0.4) is 0 Å². The molecule has 8 fully saturated rings. The summed E-state index contributed by atoms with van der Waals surface area (Å²) in [6.07, 6.45) is 20.0. The van der Waals surface area contributed by atoms with Crippen LogP contribution in [0, 0.1) is 98.6 Å². The molecule has 322 valence electrons. The molecule has 8 rings (SSSR count). The first-order valence-electron chi connectivity index (χ1n) is 24.2. The minimum atomic E-state index is -0.338. The van der Waals surface area contributed by atoms with E-state index >= 15 is 0 Å². The standard InChI is InChI=1S/C25H44O3.C25H42O3/c2*1-5-17-21-14-16(27)8-11-25(21,4)20-9-12-24(3)18(15(2)10-13-26)6-7-19(24)22(20)23(17)28/h15-23,26-28H,5-14H2,1-4H3;5,15-16,18-23,26-28H,6-14H2,1-4H3/b;17-5-/t15-,16-,17-,18-,19?,20?,21?,22?,23-,24-,25-;15-,16-,18-,19?,20?,21?,22?,23-,24-,25-/m11/s1. The quantitative estimate of drug-likeness (QED) is 0.143. The lowest BCUT2D eigenvalue weighted by atomic mass is 9.41. The van der Waals surface area contributed by atoms with Gasteiger partial charge >= 0.3 is 0 Å². The van der Waals surface area contributed by atoms with Gasteiger partial charge in [0.05, 0.1) is 24.4 Å². The highest BCUT2D eigenvalue weighted by atomic mass is 16.3. The Balaban J connectivity index is 0.000000172. The van der Waals surface area contributed by atoms with Gasteiger partial charge < -0.3 is 30.6 Å². The van der Waals surface area contributed by atoms with Gasteiger partial charge in [-0.15, -0.1) is 0 Å². The smallest absolute Gasteiger partial charge is 0.0786 e. The van der Waals surface area contributed by atoms with Crippen LogP contribution in [0.4, 0.5) is 0 Å². The molecule has 0 amide bonds. The molecule has 8 aliphatic carbocycles. The summed E-state index contributed by atoms with van der Waals surface area (Å²) in [6, 6.07) is 0. The molecular weight excluding hydrogens is 697 g/mol. The van der Waals surface area contributed by atoms with Crippen LogP contribution in [0.25, 0.3) is 0 Å². The van der Waals surface area contributed by atoms with Gasteiger partial charge in [0.1, 0.15) is 0 Å². The molecule has 8 saturated carbocycles. The second-order valence-electron chi connectivity index (χ2n) is 22.8. The summed E-state index contributed by atoms with van der Waals surface area (Å²) in [5, 5.41) is 63.0. The van der Waals surface area contributed by atoms with Crippen LogP contribution in [0.5, 0.6) is 0 Å². The van der Waals surface area contributed by atoms with Crippen molar-refractivity contribution in [1.29, 1.82) is 0 Å². The molecule has 6 heteroatoms. The Morgan fingerprint density at radius 3 is 1.57 bits per heavy atom. The highest BCUT2D eigenvalue weighted by molar-refractivity contribution is 5.26. The number of fused-ring (bicyclic) bond motifs is 10. The molecule has 0 aliphatic heterocycles. The Morgan fingerprint density at radius 1 is 0.589 bits per heavy atom. The van der Waals surface area contributed by atoms with Crippen molar-refractivity contribution in [2.24, 2.45) is 98.6 Å². The van der Waals surface area contributed by atoms with Crippen molar-refractivity contribution in [3.63, 3.8) is 0 Å². The number of aliphatic hydroxyl groups is 6. The summed E-state index contributed by atoms with van der Waals surface area (Å²) in [5.74, 6) is 6.89. The van der Waals surface area contributed by atoms with Crippen molar-refractivity contribution in [3.8, 4) is 0 Å². The minimum Gasteiger partial charge on any atom is -0.396 e. The molecular formula is C50H86O6. The van der Waals surface area contributed by atoms with Crippen LogP contribution in [-0.2, 0) is 0 Å². The van der Waals surface area contributed by atoms with E-state index in [4.69, 9.17) is 0 Å². The van der Waals surface area contributed by atoms with Crippen LogP contribution >= 0.6 is 0 Å². The molecule has 0 saturated heterocycles. The lowest BCUT2D eigenvalue weighted by Gasteiger charge is -2.64. The van der Waals surface area contributed by atoms with E-state index in [1.807, 2.05) is 0 Å². The van der Waals surface area contributed by atoms with Crippen molar-refractivity contribution >= 4 is 0 Å². The van der Waals surface area contributed by atoms with Crippen LogP contribution < -0.4 is 0 Å². The fraction of sp³-hybridized carbons (Fsp3) is 0.960. The molecule has 8 unspecified atom stereocenters. The molecule has 8 aliphatic rings. The number of allylic oxidation sites excluding steroid dienone is 1. The van der Waals surface area contributed by atoms with E-state index in [9.17, 15) is 30.6 Å². The molecule has 0 radical (unpaired) electrons. The number of rotatable bonds is 7. The summed E-state index contributed by atoms with van der Waals surface area (Å²) in [4.78, 5) is 0. The average molecular weight is 783 g/mol. The van der Waals surface area contributed by atoms with Crippen LogP contribution in [-0.4, -0.2) is 68.3 Å². The van der Waals surface area contributed by atoms with Gasteiger partial charge in [0, 0.05) is 13.2 Å². The third-order valence-corrected chi connectivity index (χ3v) is 21.0. The molecule has 0 aromatic heterocycles. The third kappa shape index (κ3) is 6.78. The van der Waals surface area contributed by atoms with Crippen molar-refractivity contribution in [1.82, 2.24) is 0 Å². The van der Waals surface area contributed by atoms with Crippen LogP contribution in [0.15, 0.2) is 11.6 Å². The predicted octanol–water partition coefficient (Wildman–Crippen LogP) is 9.18. The molecule has 0 bridgehead atoms. The van der Waals surface area contributed by atoms with Gasteiger partial charge in [-0.2, -0.15) is 0 Å². The minimum absolute atomic E-state index is 0.167. The zero-order valence-electron chi connectivity index (χ0n) is 37.0. The summed E-state index contributed by atoms with van der Waals surface area (Å²) in [6.45, 7) is 19.6. The Labute approximate surface area is 342 Å². The van der Waals surface area contributed by atoms with Gasteiger partial charge in [0.15, 0.2) is 0 Å². The Kier molecular flexibility index (Phi) is 12.8. The van der Waals surface area contributed by atoms with Gasteiger partial charge in [0.2, 0.25) is 0 Å². The Bertz CT molecular complexity index is 1380. The monoisotopic (exact) mass is 783 g/mol. The maximum Gasteiger partial charge on any atom is 0.0786 e.